The van der Waals surface area contributed by atoms with E-state index in [0.717, 1.165) is 47.3 Å². The zero-order valence-corrected chi connectivity index (χ0v) is 17.0. The van der Waals surface area contributed by atoms with Crippen LogP contribution in [0.3, 0.4) is 0 Å². The van der Waals surface area contributed by atoms with Crippen LogP contribution >= 0.6 is 0 Å². The topological polar surface area (TPSA) is 26.0 Å². The van der Waals surface area contributed by atoms with Gasteiger partial charge in [-0.25, -0.2) is 0 Å². The van der Waals surface area contributed by atoms with E-state index in [4.69, 9.17) is 5.73 Å². The highest BCUT2D eigenvalue weighted by atomic mass is 14.8. The molecule has 1 nitrogen and oxygen atoms in total. The van der Waals surface area contributed by atoms with E-state index in [1.807, 2.05) is 0 Å². The third-order valence-corrected chi connectivity index (χ3v) is 11.0. The van der Waals surface area contributed by atoms with Gasteiger partial charge in [0.1, 0.15) is 0 Å². The van der Waals surface area contributed by atoms with Gasteiger partial charge in [0.15, 0.2) is 0 Å². The van der Waals surface area contributed by atoms with Gasteiger partial charge in [-0.1, -0.05) is 33.6 Å². The van der Waals surface area contributed by atoms with Crippen molar-refractivity contribution in [2.24, 2.45) is 58.5 Å². The fourth-order valence-corrected chi connectivity index (χ4v) is 9.46. The Labute approximate surface area is 155 Å². The average Bonchev–Trinajstić information content (AvgIpc) is 2.99. The molecule has 0 radical (unpaired) electrons. The van der Waals surface area contributed by atoms with E-state index in [1.165, 1.54) is 70.6 Å². The number of nitrogens with two attached hydrogens (primary N) is 1. The maximum atomic E-state index is 6.92. The van der Waals surface area contributed by atoms with Crippen molar-refractivity contribution in [3.05, 3.63) is 0 Å². The summed E-state index contributed by atoms with van der Waals surface area (Å²) in [4.78, 5) is 0. The van der Waals surface area contributed by atoms with Crippen molar-refractivity contribution >= 4 is 0 Å². The molecule has 5 aliphatic rings. The molecule has 0 aromatic carbocycles. The molecule has 0 amide bonds. The highest BCUT2D eigenvalue weighted by molar-refractivity contribution is 5.12. The Bertz CT molecular complexity index is 528. The van der Waals surface area contributed by atoms with Gasteiger partial charge in [-0.15, -0.1) is 0 Å². The van der Waals surface area contributed by atoms with Gasteiger partial charge in [-0.2, -0.15) is 0 Å². The van der Waals surface area contributed by atoms with Gasteiger partial charge in [0.05, 0.1) is 0 Å². The third kappa shape index (κ3) is 2.29. The van der Waals surface area contributed by atoms with E-state index < -0.39 is 0 Å². The standard InChI is InChI=1S/C24H41N/c1-15-6-7-18-17(16(15)2)10-13-23(3)20(18)9-8-19-21(23)11-14-24(25)12-4-5-22(19)24/h15-22H,4-14,25H2,1-3H3. The normalized spacial score (nSPS) is 61.0. The smallest absolute Gasteiger partial charge is 0.0185 e. The first kappa shape index (κ1) is 17.1. The van der Waals surface area contributed by atoms with Gasteiger partial charge < -0.3 is 5.73 Å². The van der Waals surface area contributed by atoms with Crippen LogP contribution in [0.5, 0.6) is 0 Å². The molecule has 5 aliphatic carbocycles. The Hall–Kier alpha value is -0.0400. The van der Waals surface area contributed by atoms with Crippen molar-refractivity contribution in [3.8, 4) is 0 Å². The summed E-state index contributed by atoms with van der Waals surface area (Å²) in [6.07, 6.45) is 16.1. The fourth-order valence-electron chi connectivity index (χ4n) is 9.46. The Morgan fingerprint density at radius 2 is 1.44 bits per heavy atom. The second-order valence-electron chi connectivity index (χ2n) is 11.5. The Morgan fingerprint density at radius 3 is 2.28 bits per heavy atom. The Balaban J connectivity index is 1.43. The predicted octanol–water partition coefficient (Wildman–Crippen LogP) is 6.02. The highest BCUT2D eigenvalue weighted by Gasteiger charge is 2.60. The summed E-state index contributed by atoms with van der Waals surface area (Å²) in [7, 11) is 0. The minimum Gasteiger partial charge on any atom is -0.325 e. The predicted molar refractivity (Wildman–Crippen MR) is 105 cm³/mol. The monoisotopic (exact) mass is 343 g/mol. The molecule has 142 valence electrons. The summed E-state index contributed by atoms with van der Waals surface area (Å²) in [5.74, 6) is 7.91. The molecule has 0 saturated heterocycles. The van der Waals surface area contributed by atoms with E-state index >= 15 is 0 Å². The molecular weight excluding hydrogens is 302 g/mol. The van der Waals surface area contributed by atoms with Crippen LogP contribution < -0.4 is 5.73 Å². The zero-order valence-electron chi connectivity index (χ0n) is 17.0. The fraction of sp³-hybridized carbons (Fsp3) is 1.00. The van der Waals surface area contributed by atoms with Gasteiger partial charge in [-0.3, -0.25) is 0 Å². The van der Waals surface area contributed by atoms with Gasteiger partial charge >= 0.3 is 0 Å². The molecule has 1 heteroatoms. The molecule has 10 unspecified atom stereocenters. The minimum absolute atomic E-state index is 0.232. The second-order valence-corrected chi connectivity index (χ2v) is 11.5. The lowest BCUT2D eigenvalue weighted by Gasteiger charge is -2.64. The molecule has 0 bridgehead atoms. The van der Waals surface area contributed by atoms with Crippen molar-refractivity contribution in [1.82, 2.24) is 0 Å². The number of fused-ring (bicyclic) bond motifs is 7. The molecule has 5 saturated carbocycles. The van der Waals surface area contributed by atoms with E-state index in [0.29, 0.717) is 5.41 Å². The second kappa shape index (κ2) is 5.73. The quantitative estimate of drug-likeness (QED) is 0.572. The first-order valence-corrected chi connectivity index (χ1v) is 11.7. The lowest BCUT2D eigenvalue weighted by atomic mass is 9.41. The van der Waals surface area contributed by atoms with E-state index in [2.05, 4.69) is 20.8 Å². The van der Waals surface area contributed by atoms with Crippen molar-refractivity contribution in [2.75, 3.05) is 0 Å². The van der Waals surface area contributed by atoms with E-state index in [-0.39, 0.29) is 5.54 Å². The summed E-state index contributed by atoms with van der Waals surface area (Å²) >= 11 is 0. The average molecular weight is 344 g/mol. The third-order valence-electron chi connectivity index (χ3n) is 11.0. The van der Waals surface area contributed by atoms with Crippen molar-refractivity contribution in [1.29, 1.82) is 0 Å². The van der Waals surface area contributed by atoms with Crippen LogP contribution in [0.4, 0.5) is 0 Å². The molecule has 0 heterocycles. The maximum Gasteiger partial charge on any atom is 0.0185 e. The van der Waals surface area contributed by atoms with Crippen LogP contribution in [-0.4, -0.2) is 5.54 Å². The lowest BCUT2D eigenvalue weighted by molar-refractivity contribution is -0.141. The van der Waals surface area contributed by atoms with Crippen LogP contribution in [0.2, 0.25) is 0 Å². The van der Waals surface area contributed by atoms with Crippen LogP contribution in [0.1, 0.15) is 91.4 Å². The molecule has 0 aromatic heterocycles. The van der Waals surface area contributed by atoms with E-state index in [1.54, 1.807) is 0 Å². The summed E-state index contributed by atoms with van der Waals surface area (Å²) in [5, 5.41) is 0. The van der Waals surface area contributed by atoms with Gasteiger partial charge in [0.2, 0.25) is 0 Å². The van der Waals surface area contributed by atoms with Gasteiger partial charge in [-0.05, 0) is 111 Å². The molecule has 5 rings (SSSR count). The Morgan fingerprint density at radius 1 is 0.680 bits per heavy atom. The molecule has 25 heavy (non-hydrogen) atoms. The number of rotatable bonds is 0. The maximum absolute atomic E-state index is 6.92. The molecular formula is C24H41N. The SMILES string of the molecule is CC1CCC2C(CCC3(C)C2CCC2C4CCCC4(N)CCC23)C1C. The number of hydrogen-bond acceptors (Lipinski definition) is 1. The first-order chi connectivity index (χ1) is 11.9. The lowest BCUT2D eigenvalue weighted by Crippen LogP contribution is -2.60. The van der Waals surface area contributed by atoms with Crippen molar-refractivity contribution in [3.63, 3.8) is 0 Å². The summed E-state index contributed by atoms with van der Waals surface area (Å²) in [6.45, 7) is 7.84. The van der Waals surface area contributed by atoms with Crippen molar-refractivity contribution in [2.45, 2.75) is 96.9 Å². The number of hydrogen-bond donors (Lipinski definition) is 1. The van der Waals surface area contributed by atoms with Crippen LogP contribution in [0, 0.1) is 52.8 Å². The minimum atomic E-state index is 0.232. The van der Waals surface area contributed by atoms with Gasteiger partial charge in [0, 0.05) is 5.54 Å². The van der Waals surface area contributed by atoms with Crippen LogP contribution in [0.25, 0.3) is 0 Å². The van der Waals surface area contributed by atoms with Gasteiger partial charge in [0.25, 0.3) is 0 Å². The molecule has 0 spiro atoms. The van der Waals surface area contributed by atoms with Crippen LogP contribution in [0.15, 0.2) is 0 Å². The van der Waals surface area contributed by atoms with Crippen LogP contribution in [-0.2, 0) is 0 Å². The first-order valence-electron chi connectivity index (χ1n) is 11.7. The Kier molecular flexibility index (Phi) is 3.91. The molecule has 5 fully saturated rings. The summed E-state index contributed by atoms with van der Waals surface area (Å²) in [5.41, 5.74) is 7.80. The van der Waals surface area contributed by atoms with Crippen molar-refractivity contribution < 1.29 is 0 Å². The molecule has 0 aliphatic heterocycles. The highest BCUT2D eigenvalue weighted by Crippen LogP contribution is 2.67. The molecule has 0 aromatic rings. The van der Waals surface area contributed by atoms with E-state index in [9.17, 15) is 0 Å². The summed E-state index contributed by atoms with van der Waals surface area (Å²) < 4.78 is 0. The zero-order chi connectivity index (χ0) is 17.4. The largest absolute Gasteiger partial charge is 0.325 e. The molecule has 2 N–H and O–H groups in total. The summed E-state index contributed by atoms with van der Waals surface area (Å²) in [6, 6.07) is 0. The molecule has 10 atom stereocenters.